The molecule has 0 saturated carbocycles. The van der Waals surface area contributed by atoms with Gasteiger partial charge in [0.1, 0.15) is 0 Å². The van der Waals surface area contributed by atoms with Gasteiger partial charge in [0.05, 0.1) is 18.1 Å². The molecule has 3 aliphatic rings. The number of esters is 1. The lowest BCUT2D eigenvalue weighted by atomic mass is 9.44. The van der Waals surface area contributed by atoms with Crippen molar-refractivity contribution in [2.75, 3.05) is 7.11 Å². The number of rotatable bonds is 5. The van der Waals surface area contributed by atoms with Gasteiger partial charge in [0.25, 0.3) is 0 Å². The van der Waals surface area contributed by atoms with Gasteiger partial charge in [-0.2, -0.15) is 0 Å². The van der Waals surface area contributed by atoms with Gasteiger partial charge in [0, 0.05) is 11.5 Å². The highest BCUT2D eigenvalue weighted by atomic mass is 35.5. The van der Waals surface area contributed by atoms with Crippen LogP contribution in [0.4, 0.5) is 0 Å². The fourth-order valence-corrected chi connectivity index (χ4v) is 6.51. The molecule has 3 aliphatic carbocycles. The number of hydrogen-bond acceptors (Lipinski definition) is 3. The number of hydrogen-bond donors (Lipinski definition) is 0. The van der Waals surface area contributed by atoms with E-state index in [1.54, 1.807) is 0 Å². The molecule has 0 fully saturated rings. The summed E-state index contributed by atoms with van der Waals surface area (Å²) in [6.07, 6.45) is 0.686. The molecule has 0 saturated heterocycles. The van der Waals surface area contributed by atoms with Crippen LogP contribution in [-0.2, 0) is 26.2 Å². The number of carbonyl (C=O) groups excluding carboxylic acids is 2. The molecular formula is C29H25ClO3. The molecular weight excluding hydrogens is 432 g/mol. The first kappa shape index (κ1) is 21.7. The van der Waals surface area contributed by atoms with Crippen molar-refractivity contribution in [2.24, 2.45) is 5.41 Å². The maximum atomic E-state index is 13.5. The second-order valence-corrected chi connectivity index (χ2v) is 9.80. The van der Waals surface area contributed by atoms with Crippen molar-refractivity contribution in [1.29, 1.82) is 0 Å². The molecule has 4 heteroatoms. The Labute approximate surface area is 199 Å². The van der Waals surface area contributed by atoms with E-state index >= 15 is 0 Å². The van der Waals surface area contributed by atoms with Crippen LogP contribution in [-0.4, -0.2) is 18.3 Å². The van der Waals surface area contributed by atoms with E-state index in [9.17, 15) is 9.59 Å². The largest absolute Gasteiger partial charge is 0.466 e. The van der Waals surface area contributed by atoms with Crippen LogP contribution in [0.1, 0.15) is 47.6 Å². The number of carbonyl (C=O) groups is 2. The average molecular weight is 457 g/mol. The Kier molecular flexibility index (Phi) is 5.06. The van der Waals surface area contributed by atoms with Crippen molar-refractivity contribution in [3.8, 4) is 0 Å². The summed E-state index contributed by atoms with van der Waals surface area (Å²) < 4.78 is 5.32. The molecule has 0 atom stereocenters. The third kappa shape index (κ3) is 2.88. The average Bonchev–Trinajstić information content (AvgIpc) is 2.83. The van der Waals surface area contributed by atoms with Crippen molar-refractivity contribution in [2.45, 2.75) is 31.6 Å². The van der Waals surface area contributed by atoms with Gasteiger partial charge in [-0.05, 0) is 51.3 Å². The molecule has 0 aromatic heterocycles. The molecule has 0 radical (unpaired) electrons. The SMILES string of the molecule is COC(=O)C1=C(C(=O)Cl)C2c3ccccc3C1(C(C)(C)Cc1ccccc1)c1ccccc12. The minimum absolute atomic E-state index is 0.335. The molecule has 3 aromatic rings. The molecule has 0 heterocycles. The smallest absolute Gasteiger partial charge is 0.335 e. The number of halogens is 1. The standard InChI is InChI=1S/C29H25ClO3/c1-28(2,17-18-11-5-4-6-12-18)29-21-15-9-7-13-19(21)23(20-14-8-10-16-22(20)29)24(26(30)31)25(29)27(32)33-3/h4-16,23H,17H2,1-3H3. The molecule has 0 amide bonds. The van der Waals surface area contributed by atoms with Crippen LogP contribution >= 0.6 is 11.6 Å². The van der Waals surface area contributed by atoms with Gasteiger partial charge in [0.2, 0.25) is 5.24 Å². The highest BCUT2D eigenvalue weighted by molar-refractivity contribution is 6.68. The number of ether oxygens (including phenoxy) is 1. The van der Waals surface area contributed by atoms with Crippen molar-refractivity contribution in [3.63, 3.8) is 0 Å². The number of allylic oxidation sites excluding steroid dienone is 1. The van der Waals surface area contributed by atoms with E-state index in [0.29, 0.717) is 17.6 Å². The van der Waals surface area contributed by atoms with Gasteiger partial charge in [-0.1, -0.05) is 92.7 Å². The van der Waals surface area contributed by atoms with Gasteiger partial charge < -0.3 is 4.74 Å². The van der Waals surface area contributed by atoms with Gasteiger partial charge in [-0.25, -0.2) is 4.79 Å². The maximum Gasteiger partial charge on any atom is 0.335 e. The van der Waals surface area contributed by atoms with Crippen molar-refractivity contribution in [1.82, 2.24) is 0 Å². The lowest BCUT2D eigenvalue weighted by Gasteiger charge is -2.57. The van der Waals surface area contributed by atoms with E-state index in [4.69, 9.17) is 16.3 Å². The third-order valence-corrected chi connectivity index (χ3v) is 7.59. The van der Waals surface area contributed by atoms with Gasteiger partial charge in [-0.3, -0.25) is 4.79 Å². The predicted molar refractivity (Wildman–Crippen MR) is 129 cm³/mol. The second kappa shape index (κ2) is 7.71. The maximum absolute atomic E-state index is 13.5. The summed E-state index contributed by atoms with van der Waals surface area (Å²) in [6, 6.07) is 26.5. The van der Waals surface area contributed by atoms with Crippen molar-refractivity contribution < 1.29 is 14.3 Å². The van der Waals surface area contributed by atoms with Crippen LogP contribution in [0.3, 0.4) is 0 Å². The van der Waals surface area contributed by atoms with Crippen LogP contribution in [0.5, 0.6) is 0 Å². The highest BCUT2D eigenvalue weighted by Gasteiger charge is 2.62. The first-order valence-corrected chi connectivity index (χ1v) is 11.5. The zero-order valence-electron chi connectivity index (χ0n) is 18.9. The quantitative estimate of drug-likeness (QED) is 0.352. The van der Waals surface area contributed by atoms with E-state index < -0.39 is 28.0 Å². The fraction of sp³-hybridized carbons (Fsp3) is 0.241. The van der Waals surface area contributed by atoms with E-state index in [1.807, 2.05) is 42.5 Å². The van der Waals surface area contributed by atoms with Crippen LogP contribution < -0.4 is 0 Å². The molecule has 3 aromatic carbocycles. The Morgan fingerprint density at radius 2 is 1.39 bits per heavy atom. The molecule has 0 spiro atoms. The van der Waals surface area contributed by atoms with Crippen LogP contribution in [0.25, 0.3) is 0 Å². The summed E-state index contributed by atoms with van der Waals surface area (Å²) in [6.45, 7) is 4.33. The molecule has 6 rings (SSSR count). The summed E-state index contributed by atoms with van der Waals surface area (Å²) >= 11 is 6.25. The number of methoxy groups -OCH3 is 1. The molecule has 2 bridgehead atoms. The van der Waals surface area contributed by atoms with Gasteiger partial charge in [0.15, 0.2) is 0 Å². The molecule has 0 N–H and O–H groups in total. The zero-order chi connectivity index (χ0) is 23.4. The van der Waals surface area contributed by atoms with E-state index in [0.717, 1.165) is 27.8 Å². The summed E-state index contributed by atoms with van der Waals surface area (Å²) in [5.41, 5.74) is 4.57. The Balaban J connectivity index is 1.94. The minimum Gasteiger partial charge on any atom is -0.466 e. The number of benzene rings is 3. The highest BCUT2D eigenvalue weighted by Crippen LogP contribution is 2.65. The molecule has 166 valence electrons. The van der Waals surface area contributed by atoms with Crippen LogP contribution in [0.2, 0.25) is 0 Å². The second-order valence-electron chi connectivity index (χ2n) is 9.46. The molecule has 0 unspecified atom stereocenters. The molecule has 3 nitrogen and oxygen atoms in total. The van der Waals surface area contributed by atoms with Crippen LogP contribution in [0, 0.1) is 5.41 Å². The topological polar surface area (TPSA) is 43.4 Å². The normalized spacial score (nSPS) is 20.8. The monoisotopic (exact) mass is 456 g/mol. The summed E-state index contributed by atoms with van der Waals surface area (Å²) in [4.78, 5) is 26.5. The van der Waals surface area contributed by atoms with Gasteiger partial charge in [-0.15, -0.1) is 0 Å². The predicted octanol–water partition coefficient (Wildman–Crippen LogP) is 5.94. The first-order valence-electron chi connectivity index (χ1n) is 11.1. The summed E-state index contributed by atoms with van der Waals surface area (Å²) in [5, 5.41) is -0.607. The molecule has 33 heavy (non-hydrogen) atoms. The minimum atomic E-state index is -0.905. The van der Waals surface area contributed by atoms with Crippen LogP contribution in [0.15, 0.2) is 90.0 Å². The summed E-state index contributed by atoms with van der Waals surface area (Å²) in [7, 11) is 1.36. The van der Waals surface area contributed by atoms with E-state index in [-0.39, 0.29) is 0 Å². The summed E-state index contributed by atoms with van der Waals surface area (Å²) in [5.74, 6) is -0.903. The van der Waals surface area contributed by atoms with Crippen molar-refractivity contribution in [3.05, 3.63) is 118 Å². The first-order chi connectivity index (χ1) is 15.8. The van der Waals surface area contributed by atoms with E-state index in [1.165, 1.54) is 7.11 Å². The van der Waals surface area contributed by atoms with E-state index in [2.05, 4.69) is 50.2 Å². The Hall–Kier alpha value is -3.17. The zero-order valence-corrected chi connectivity index (χ0v) is 19.6. The van der Waals surface area contributed by atoms with Gasteiger partial charge >= 0.3 is 5.97 Å². The molecule has 0 aliphatic heterocycles. The Morgan fingerprint density at radius 1 is 0.879 bits per heavy atom. The third-order valence-electron chi connectivity index (χ3n) is 7.39. The Morgan fingerprint density at radius 3 is 1.91 bits per heavy atom. The lowest BCUT2D eigenvalue weighted by Crippen LogP contribution is -2.55. The Bertz CT molecular complexity index is 1260. The van der Waals surface area contributed by atoms with Crippen molar-refractivity contribution >= 4 is 22.8 Å². The lowest BCUT2D eigenvalue weighted by molar-refractivity contribution is -0.137. The fourth-order valence-electron chi connectivity index (χ4n) is 6.30.